The number of halogens is 1. The molecule has 0 spiro atoms. The highest BCUT2D eigenvalue weighted by atomic mass is 35.5. The first-order valence-electron chi connectivity index (χ1n) is 6.26. The molecule has 7 heteroatoms. The molecule has 0 saturated heterocycles. The molecule has 0 saturated carbocycles. The maximum atomic E-state index is 11.8. The number of aliphatic hydroxyl groups is 1. The highest BCUT2D eigenvalue weighted by molar-refractivity contribution is 6.31. The summed E-state index contributed by atoms with van der Waals surface area (Å²) in [6.45, 7) is 0.0919. The van der Waals surface area contributed by atoms with Gasteiger partial charge in [0.1, 0.15) is 12.7 Å². The first-order chi connectivity index (χ1) is 9.70. The summed E-state index contributed by atoms with van der Waals surface area (Å²) in [5.74, 6) is -0.123. The Morgan fingerprint density at radius 2 is 2.25 bits per heavy atom. The zero-order valence-electron chi connectivity index (χ0n) is 10.8. The molecule has 106 valence electrons. The lowest BCUT2D eigenvalue weighted by atomic mass is 10.2. The fourth-order valence-electron chi connectivity index (χ4n) is 1.75. The summed E-state index contributed by atoms with van der Waals surface area (Å²) >= 11 is 5.96. The number of unbranched alkanes of at least 4 members (excludes halogenated alkanes) is 1. The van der Waals surface area contributed by atoms with Crippen molar-refractivity contribution in [3.63, 3.8) is 0 Å². The second-order valence-corrected chi connectivity index (χ2v) is 4.67. The summed E-state index contributed by atoms with van der Waals surface area (Å²) in [6.07, 6.45) is 4.57. The fraction of sp³-hybridized carbons (Fsp3) is 0.308. The molecule has 0 aliphatic rings. The van der Waals surface area contributed by atoms with Crippen molar-refractivity contribution in [1.82, 2.24) is 14.8 Å². The predicted molar refractivity (Wildman–Crippen MR) is 75.9 cm³/mol. The van der Waals surface area contributed by atoms with Crippen molar-refractivity contribution in [2.45, 2.75) is 19.3 Å². The largest absolute Gasteiger partial charge is 0.396 e. The van der Waals surface area contributed by atoms with Gasteiger partial charge in [0.25, 0.3) is 0 Å². The standard InChI is InChI=1S/C13H15ClN4O2/c14-10-4-5-12(18-9-15-8-16-18)11(7-10)17-13(20)3-1-2-6-19/h4-5,7-9,19H,1-3,6H2,(H,17,20). The third-order valence-electron chi connectivity index (χ3n) is 2.71. The van der Waals surface area contributed by atoms with Gasteiger partial charge in [-0.1, -0.05) is 11.6 Å². The van der Waals surface area contributed by atoms with Crippen molar-refractivity contribution in [3.8, 4) is 5.69 Å². The van der Waals surface area contributed by atoms with E-state index >= 15 is 0 Å². The quantitative estimate of drug-likeness (QED) is 0.799. The van der Waals surface area contributed by atoms with E-state index in [1.54, 1.807) is 29.2 Å². The Hall–Kier alpha value is -1.92. The van der Waals surface area contributed by atoms with Gasteiger partial charge < -0.3 is 10.4 Å². The molecule has 0 atom stereocenters. The lowest BCUT2D eigenvalue weighted by Gasteiger charge is -2.11. The van der Waals surface area contributed by atoms with E-state index in [-0.39, 0.29) is 12.5 Å². The summed E-state index contributed by atoms with van der Waals surface area (Å²) in [7, 11) is 0. The van der Waals surface area contributed by atoms with E-state index in [4.69, 9.17) is 16.7 Å². The number of benzene rings is 1. The van der Waals surface area contributed by atoms with Crippen LogP contribution >= 0.6 is 11.6 Å². The van der Waals surface area contributed by atoms with Crippen molar-refractivity contribution in [2.24, 2.45) is 0 Å². The zero-order valence-corrected chi connectivity index (χ0v) is 11.5. The molecule has 0 radical (unpaired) electrons. The number of rotatable bonds is 6. The SMILES string of the molecule is O=C(CCCCO)Nc1cc(Cl)ccc1-n1cncn1. The van der Waals surface area contributed by atoms with E-state index in [0.717, 1.165) is 0 Å². The first kappa shape index (κ1) is 14.5. The second-order valence-electron chi connectivity index (χ2n) is 4.23. The lowest BCUT2D eigenvalue weighted by molar-refractivity contribution is -0.116. The molecule has 0 aliphatic heterocycles. The summed E-state index contributed by atoms with van der Waals surface area (Å²) in [5, 5.41) is 16.1. The number of nitrogens with zero attached hydrogens (tertiary/aromatic N) is 3. The molecule has 2 N–H and O–H groups in total. The van der Waals surface area contributed by atoms with Crippen molar-refractivity contribution < 1.29 is 9.90 Å². The monoisotopic (exact) mass is 294 g/mol. The number of nitrogens with one attached hydrogen (secondary N) is 1. The smallest absolute Gasteiger partial charge is 0.224 e. The number of hydrogen-bond donors (Lipinski definition) is 2. The molecule has 1 amide bonds. The Morgan fingerprint density at radius 1 is 1.40 bits per heavy atom. The van der Waals surface area contributed by atoms with Gasteiger partial charge in [0.15, 0.2) is 0 Å². The Morgan fingerprint density at radius 3 is 2.95 bits per heavy atom. The number of carbonyl (C=O) groups excluding carboxylic acids is 1. The van der Waals surface area contributed by atoms with Crippen LogP contribution in [0.3, 0.4) is 0 Å². The van der Waals surface area contributed by atoms with Gasteiger partial charge in [-0.25, -0.2) is 9.67 Å². The summed E-state index contributed by atoms with van der Waals surface area (Å²) in [6, 6.07) is 5.16. The second kappa shape index (κ2) is 7.02. The minimum atomic E-state index is -0.123. The average Bonchev–Trinajstić information content (AvgIpc) is 2.93. The fourth-order valence-corrected chi connectivity index (χ4v) is 1.92. The molecule has 2 aromatic rings. The van der Waals surface area contributed by atoms with E-state index in [1.165, 1.54) is 6.33 Å². The number of anilines is 1. The van der Waals surface area contributed by atoms with E-state index in [2.05, 4.69) is 15.4 Å². The van der Waals surface area contributed by atoms with Gasteiger partial charge in [0.05, 0.1) is 11.4 Å². The normalized spacial score (nSPS) is 10.5. The summed E-state index contributed by atoms with van der Waals surface area (Å²) in [4.78, 5) is 15.7. The van der Waals surface area contributed by atoms with Gasteiger partial charge in [-0.05, 0) is 31.0 Å². The summed E-state index contributed by atoms with van der Waals surface area (Å²) < 4.78 is 1.56. The zero-order chi connectivity index (χ0) is 14.4. The van der Waals surface area contributed by atoms with Crippen molar-refractivity contribution in [3.05, 3.63) is 35.9 Å². The van der Waals surface area contributed by atoms with Gasteiger partial charge in [-0.3, -0.25) is 4.79 Å². The highest BCUT2D eigenvalue weighted by Gasteiger charge is 2.09. The van der Waals surface area contributed by atoms with Gasteiger partial charge in [0, 0.05) is 18.1 Å². The van der Waals surface area contributed by atoms with Crippen LogP contribution in [0.25, 0.3) is 5.69 Å². The molecule has 6 nitrogen and oxygen atoms in total. The molecule has 0 aliphatic carbocycles. The third-order valence-corrected chi connectivity index (χ3v) is 2.95. The van der Waals surface area contributed by atoms with E-state index < -0.39 is 0 Å². The maximum absolute atomic E-state index is 11.8. The average molecular weight is 295 g/mol. The summed E-state index contributed by atoms with van der Waals surface area (Å²) in [5.41, 5.74) is 1.28. The molecular formula is C13H15ClN4O2. The van der Waals surface area contributed by atoms with E-state index in [9.17, 15) is 4.79 Å². The minimum absolute atomic E-state index is 0.0919. The van der Waals surface area contributed by atoms with Gasteiger partial charge in [-0.2, -0.15) is 5.10 Å². The number of hydrogen-bond acceptors (Lipinski definition) is 4. The number of carbonyl (C=O) groups is 1. The topological polar surface area (TPSA) is 80.0 Å². The Bertz CT molecular complexity index is 572. The van der Waals surface area contributed by atoms with Crippen LogP contribution in [-0.2, 0) is 4.79 Å². The lowest BCUT2D eigenvalue weighted by Crippen LogP contribution is -2.13. The van der Waals surface area contributed by atoms with Crippen LogP contribution in [0.5, 0.6) is 0 Å². The van der Waals surface area contributed by atoms with Crippen LogP contribution in [0.15, 0.2) is 30.9 Å². The number of aromatic nitrogens is 3. The third kappa shape index (κ3) is 3.79. The molecule has 0 bridgehead atoms. The van der Waals surface area contributed by atoms with Crippen LogP contribution < -0.4 is 5.32 Å². The van der Waals surface area contributed by atoms with Crippen LogP contribution in [0, 0.1) is 0 Å². The predicted octanol–water partition coefficient (Wildman–Crippen LogP) is 2.02. The maximum Gasteiger partial charge on any atom is 0.224 e. The molecular weight excluding hydrogens is 280 g/mol. The molecule has 1 heterocycles. The number of amides is 1. The van der Waals surface area contributed by atoms with Gasteiger partial charge >= 0.3 is 0 Å². The van der Waals surface area contributed by atoms with Gasteiger partial charge in [-0.15, -0.1) is 0 Å². The first-order valence-corrected chi connectivity index (χ1v) is 6.64. The van der Waals surface area contributed by atoms with Crippen LogP contribution in [0.4, 0.5) is 5.69 Å². The van der Waals surface area contributed by atoms with E-state index in [1.807, 2.05) is 0 Å². The Balaban J connectivity index is 2.14. The van der Waals surface area contributed by atoms with Crippen LogP contribution in [0.2, 0.25) is 5.02 Å². The minimum Gasteiger partial charge on any atom is -0.396 e. The molecule has 0 fully saturated rings. The Labute approximate surface area is 121 Å². The molecule has 1 aromatic carbocycles. The van der Waals surface area contributed by atoms with Crippen molar-refractivity contribution in [2.75, 3.05) is 11.9 Å². The molecule has 1 aromatic heterocycles. The van der Waals surface area contributed by atoms with Crippen LogP contribution in [0.1, 0.15) is 19.3 Å². The highest BCUT2D eigenvalue weighted by Crippen LogP contribution is 2.24. The molecule has 2 rings (SSSR count). The Kier molecular flexibility index (Phi) is 5.09. The van der Waals surface area contributed by atoms with Crippen LogP contribution in [-0.4, -0.2) is 32.4 Å². The van der Waals surface area contributed by atoms with E-state index in [0.29, 0.717) is 35.7 Å². The molecule has 20 heavy (non-hydrogen) atoms. The number of aliphatic hydroxyl groups excluding tert-OH is 1. The molecule has 0 unspecified atom stereocenters. The van der Waals surface area contributed by atoms with Crippen molar-refractivity contribution >= 4 is 23.2 Å². The van der Waals surface area contributed by atoms with Crippen molar-refractivity contribution in [1.29, 1.82) is 0 Å². The van der Waals surface area contributed by atoms with Gasteiger partial charge in [0.2, 0.25) is 5.91 Å².